The molecule has 3 heterocycles. The van der Waals surface area contributed by atoms with Gasteiger partial charge in [-0.15, -0.1) is 0 Å². The summed E-state index contributed by atoms with van der Waals surface area (Å²) < 4.78 is 5.02. The number of ketones is 1. The summed E-state index contributed by atoms with van der Waals surface area (Å²) in [6, 6.07) is 7.09. The molecule has 0 N–H and O–H groups in total. The van der Waals surface area contributed by atoms with Gasteiger partial charge in [0.15, 0.2) is 11.8 Å². The van der Waals surface area contributed by atoms with E-state index in [4.69, 9.17) is 4.74 Å². The van der Waals surface area contributed by atoms with E-state index in [1.807, 2.05) is 29.2 Å². The predicted octanol–water partition coefficient (Wildman–Crippen LogP) is 1.49. The molecule has 1 fully saturated rings. The lowest BCUT2D eigenvalue weighted by atomic mass is 9.78. The zero-order valence-electron chi connectivity index (χ0n) is 10.3. The molecule has 0 spiro atoms. The molecule has 2 unspecified atom stereocenters. The lowest BCUT2D eigenvalue weighted by Crippen LogP contribution is -2.57. The third-order valence-electron chi connectivity index (χ3n) is 3.71. The molecule has 94 valence electrons. The molecular weight excluding hydrogens is 230 g/mol. The Balaban J connectivity index is 2.03. The minimum Gasteiger partial charge on any atom is -0.464 e. The van der Waals surface area contributed by atoms with Gasteiger partial charge >= 0.3 is 5.97 Å². The Morgan fingerprint density at radius 1 is 1.44 bits per heavy atom. The molecule has 4 rings (SSSR count). The molecule has 4 nitrogen and oxygen atoms in total. The highest BCUT2D eigenvalue weighted by Gasteiger charge is 2.48. The molecule has 1 aromatic carbocycles. The normalized spacial score (nSPS) is 24.9. The van der Waals surface area contributed by atoms with E-state index in [0.29, 0.717) is 6.61 Å². The van der Waals surface area contributed by atoms with Crippen LogP contribution in [0.4, 0.5) is 5.69 Å². The van der Waals surface area contributed by atoms with Crippen LogP contribution < -0.4 is 4.90 Å². The third kappa shape index (κ3) is 1.45. The number of Topliss-reactive ketones (excluding diaryl/α,β-unsaturated/α-hetero) is 1. The average molecular weight is 245 g/mol. The molecule has 3 aliphatic heterocycles. The topological polar surface area (TPSA) is 46.6 Å². The molecule has 2 bridgehead atoms. The van der Waals surface area contributed by atoms with Gasteiger partial charge in [0.1, 0.15) is 0 Å². The van der Waals surface area contributed by atoms with E-state index < -0.39 is 12.0 Å². The second kappa shape index (κ2) is 4.12. The smallest absolute Gasteiger partial charge is 0.336 e. The summed E-state index contributed by atoms with van der Waals surface area (Å²) in [7, 11) is 0. The van der Waals surface area contributed by atoms with Gasteiger partial charge in [0.05, 0.1) is 6.61 Å². The molecule has 0 saturated carbocycles. The van der Waals surface area contributed by atoms with Crippen LogP contribution in [0.1, 0.15) is 24.8 Å². The minimum atomic E-state index is -0.737. The Labute approximate surface area is 106 Å². The fraction of sp³-hybridized carbons (Fsp3) is 0.429. The van der Waals surface area contributed by atoms with Crippen molar-refractivity contribution < 1.29 is 14.3 Å². The summed E-state index contributed by atoms with van der Waals surface area (Å²) in [5.41, 5.74) is 2.06. The molecular formula is C14H15NO3. The fourth-order valence-corrected chi connectivity index (χ4v) is 2.96. The van der Waals surface area contributed by atoms with Gasteiger partial charge in [-0.1, -0.05) is 18.2 Å². The zero-order valence-corrected chi connectivity index (χ0v) is 10.3. The van der Waals surface area contributed by atoms with Crippen molar-refractivity contribution in [3.05, 3.63) is 29.8 Å². The van der Waals surface area contributed by atoms with Crippen molar-refractivity contribution in [2.75, 3.05) is 18.1 Å². The van der Waals surface area contributed by atoms with Crippen LogP contribution in [-0.4, -0.2) is 30.9 Å². The average Bonchev–Trinajstić information content (AvgIpc) is 2.39. The molecule has 0 radical (unpaired) electrons. The maximum Gasteiger partial charge on any atom is 0.336 e. The number of carbonyl (C=O) groups excluding carboxylic acids is 2. The van der Waals surface area contributed by atoms with E-state index in [1.165, 1.54) is 0 Å². The number of esters is 1. The number of carbonyl (C=O) groups is 2. The standard InChI is InChI=1S/C14H15NO3/c1-2-18-14(17)12-13(16)10-7-8-15(12)11-6-4-3-5-9(10)11/h3-6,10,12H,2,7-8H2,1H3. The predicted molar refractivity (Wildman–Crippen MR) is 66.6 cm³/mol. The van der Waals surface area contributed by atoms with Crippen molar-refractivity contribution in [2.24, 2.45) is 0 Å². The first kappa shape index (κ1) is 11.3. The third-order valence-corrected chi connectivity index (χ3v) is 3.71. The number of nitrogens with zero attached hydrogens (tertiary/aromatic N) is 1. The van der Waals surface area contributed by atoms with Crippen LogP contribution in [0.25, 0.3) is 0 Å². The summed E-state index contributed by atoms with van der Waals surface area (Å²) >= 11 is 0. The van der Waals surface area contributed by atoms with Crippen molar-refractivity contribution in [3.8, 4) is 0 Å². The number of anilines is 1. The first-order chi connectivity index (χ1) is 8.74. The molecule has 0 aromatic heterocycles. The van der Waals surface area contributed by atoms with Gasteiger partial charge in [-0.2, -0.15) is 0 Å². The number of hydrogen-bond acceptors (Lipinski definition) is 4. The minimum absolute atomic E-state index is 0.0154. The van der Waals surface area contributed by atoms with E-state index >= 15 is 0 Å². The molecule has 0 aliphatic carbocycles. The number of rotatable bonds is 2. The van der Waals surface area contributed by atoms with Gasteiger partial charge in [-0.05, 0) is 25.0 Å². The maximum absolute atomic E-state index is 12.3. The highest BCUT2D eigenvalue weighted by molar-refractivity contribution is 6.12. The summed E-state index contributed by atoms with van der Waals surface area (Å²) in [5.74, 6) is -0.569. The Bertz CT molecular complexity index is 512. The van der Waals surface area contributed by atoms with Crippen molar-refractivity contribution in [1.82, 2.24) is 0 Å². The lowest BCUT2D eigenvalue weighted by molar-refractivity contribution is -0.148. The second-order valence-electron chi connectivity index (χ2n) is 4.65. The molecule has 18 heavy (non-hydrogen) atoms. The number of fused-ring (bicyclic) bond motifs is 2. The highest BCUT2D eigenvalue weighted by Crippen LogP contribution is 2.43. The number of hydrogen-bond donors (Lipinski definition) is 0. The lowest BCUT2D eigenvalue weighted by Gasteiger charge is -2.45. The SMILES string of the molecule is CCOC(=O)C1C(=O)C2CCN1c1ccccc12. The van der Waals surface area contributed by atoms with Crippen LogP contribution in [0.2, 0.25) is 0 Å². The van der Waals surface area contributed by atoms with Gasteiger partial charge in [-0.25, -0.2) is 4.79 Å². The fourth-order valence-electron chi connectivity index (χ4n) is 2.96. The summed E-state index contributed by atoms with van der Waals surface area (Å²) in [6.07, 6.45) is 0.797. The van der Waals surface area contributed by atoms with Crippen molar-refractivity contribution in [2.45, 2.75) is 25.3 Å². The molecule has 3 aliphatic rings. The molecule has 0 amide bonds. The molecule has 4 heteroatoms. The van der Waals surface area contributed by atoms with Crippen LogP contribution in [-0.2, 0) is 14.3 Å². The Morgan fingerprint density at radius 2 is 2.22 bits per heavy atom. The summed E-state index contributed by atoms with van der Waals surface area (Å²) in [4.78, 5) is 26.1. The largest absolute Gasteiger partial charge is 0.464 e. The first-order valence-corrected chi connectivity index (χ1v) is 6.30. The number of para-hydroxylation sites is 1. The van der Waals surface area contributed by atoms with Crippen LogP contribution in [0.3, 0.4) is 0 Å². The van der Waals surface area contributed by atoms with Crippen molar-refractivity contribution in [3.63, 3.8) is 0 Å². The van der Waals surface area contributed by atoms with Crippen LogP contribution >= 0.6 is 0 Å². The summed E-state index contributed by atoms with van der Waals surface area (Å²) in [6.45, 7) is 2.81. The summed E-state index contributed by atoms with van der Waals surface area (Å²) in [5, 5.41) is 0. The van der Waals surface area contributed by atoms with E-state index in [2.05, 4.69) is 0 Å². The Morgan fingerprint density at radius 3 is 3.00 bits per heavy atom. The van der Waals surface area contributed by atoms with Crippen molar-refractivity contribution in [1.29, 1.82) is 0 Å². The maximum atomic E-state index is 12.3. The van der Waals surface area contributed by atoms with Crippen LogP contribution in [0, 0.1) is 0 Å². The van der Waals surface area contributed by atoms with Gasteiger partial charge in [-0.3, -0.25) is 4.79 Å². The monoisotopic (exact) mass is 245 g/mol. The molecule has 1 saturated heterocycles. The van der Waals surface area contributed by atoms with Gasteiger partial charge < -0.3 is 9.64 Å². The number of piperidine rings is 1. The van der Waals surface area contributed by atoms with Crippen LogP contribution in [0.5, 0.6) is 0 Å². The van der Waals surface area contributed by atoms with Gasteiger partial charge in [0.2, 0.25) is 0 Å². The van der Waals surface area contributed by atoms with E-state index in [1.54, 1.807) is 6.92 Å². The Kier molecular flexibility index (Phi) is 2.58. The first-order valence-electron chi connectivity index (χ1n) is 6.30. The second-order valence-corrected chi connectivity index (χ2v) is 4.65. The van der Waals surface area contributed by atoms with E-state index in [0.717, 1.165) is 24.2 Å². The number of ether oxygens (including phenoxy) is 1. The Hall–Kier alpha value is -1.84. The van der Waals surface area contributed by atoms with Crippen LogP contribution in [0.15, 0.2) is 24.3 Å². The highest BCUT2D eigenvalue weighted by atomic mass is 16.5. The van der Waals surface area contributed by atoms with E-state index in [9.17, 15) is 9.59 Å². The number of benzene rings is 1. The van der Waals surface area contributed by atoms with Gasteiger partial charge in [0, 0.05) is 18.2 Å². The van der Waals surface area contributed by atoms with E-state index in [-0.39, 0.29) is 11.7 Å². The zero-order chi connectivity index (χ0) is 12.7. The molecule has 1 aromatic rings. The van der Waals surface area contributed by atoms with Crippen molar-refractivity contribution >= 4 is 17.4 Å². The quantitative estimate of drug-likeness (QED) is 0.585. The van der Waals surface area contributed by atoms with Gasteiger partial charge in [0.25, 0.3) is 0 Å². The molecule has 2 atom stereocenters.